The monoisotopic (exact) mass is 726 g/mol. The summed E-state index contributed by atoms with van der Waals surface area (Å²) in [5.74, 6) is 4.14. The van der Waals surface area contributed by atoms with Crippen LogP contribution < -0.4 is 19.4 Å². The first-order chi connectivity index (χ1) is 29.0. The Morgan fingerprint density at radius 2 is 1.37 bits per heavy atom. The SMILES string of the molecule is [2H]C([2H])([2H])C1(C([2H])([2H])[2H])CN(c2nc3ccccc3o2)c2cc(Oc3cccc(N4CN(C5C(C6CCCCC6)CCCC5C5CCCCC5)c5ccccc54)c3)ccc21. The highest BCUT2D eigenvalue weighted by atomic mass is 16.5. The maximum absolute atomic E-state index is 8.58. The largest absolute Gasteiger partial charge is 0.457 e. The fraction of sp³-hybridized carbons (Fsp3) is 0.479. The lowest BCUT2D eigenvalue weighted by Gasteiger charge is -2.51. The van der Waals surface area contributed by atoms with E-state index in [0.717, 1.165) is 36.0 Å². The van der Waals surface area contributed by atoms with Crippen LogP contribution in [-0.2, 0) is 5.41 Å². The molecule has 280 valence electrons. The summed E-state index contributed by atoms with van der Waals surface area (Å²) in [6, 6.07) is 30.1. The minimum atomic E-state index is -2.85. The van der Waals surface area contributed by atoms with Crippen molar-refractivity contribution in [3.8, 4) is 11.5 Å². The summed E-state index contributed by atoms with van der Waals surface area (Å²) < 4.78 is 64.2. The molecule has 0 N–H and O–H groups in total. The van der Waals surface area contributed by atoms with Crippen LogP contribution in [0.3, 0.4) is 0 Å². The van der Waals surface area contributed by atoms with Crippen LogP contribution in [0.25, 0.3) is 11.1 Å². The van der Waals surface area contributed by atoms with E-state index in [-0.39, 0.29) is 18.1 Å². The molecule has 5 aliphatic rings. The summed E-state index contributed by atoms with van der Waals surface area (Å²) in [5.41, 5.74) is 3.13. The van der Waals surface area contributed by atoms with Gasteiger partial charge in [-0.1, -0.05) is 121 Å². The lowest BCUT2D eigenvalue weighted by atomic mass is 9.62. The van der Waals surface area contributed by atoms with Gasteiger partial charge >= 0.3 is 6.01 Å². The van der Waals surface area contributed by atoms with Crippen molar-refractivity contribution in [1.82, 2.24) is 4.98 Å². The quantitative estimate of drug-likeness (QED) is 0.166. The fourth-order valence-corrected chi connectivity index (χ4v) is 11.1. The van der Waals surface area contributed by atoms with Gasteiger partial charge in [0.25, 0.3) is 0 Å². The molecule has 3 heterocycles. The number of fused-ring (bicyclic) bond motifs is 3. The van der Waals surface area contributed by atoms with Gasteiger partial charge in [-0.2, -0.15) is 4.98 Å². The predicted octanol–water partition coefficient (Wildman–Crippen LogP) is 12.9. The van der Waals surface area contributed by atoms with Gasteiger partial charge in [0, 0.05) is 44.0 Å². The summed E-state index contributed by atoms with van der Waals surface area (Å²) in [5, 5.41) is 0. The number of aromatic nitrogens is 1. The number of nitrogens with zero attached hydrogens (tertiary/aromatic N) is 4. The van der Waals surface area contributed by atoms with Crippen molar-refractivity contribution >= 4 is 39.9 Å². The Labute approximate surface area is 329 Å². The van der Waals surface area contributed by atoms with Crippen LogP contribution >= 0.6 is 0 Å². The smallest absolute Gasteiger partial charge is 0.303 e. The van der Waals surface area contributed by atoms with E-state index >= 15 is 0 Å². The third-order valence-electron chi connectivity index (χ3n) is 13.6. The third-order valence-corrected chi connectivity index (χ3v) is 13.6. The molecule has 0 saturated heterocycles. The molecule has 1 aromatic heterocycles. The molecule has 10 rings (SSSR count). The lowest BCUT2D eigenvalue weighted by Crippen LogP contribution is -2.53. The normalized spacial score (nSPS) is 26.7. The van der Waals surface area contributed by atoms with Gasteiger partial charge in [0.15, 0.2) is 5.58 Å². The Morgan fingerprint density at radius 1 is 0.667 bits per heavy atom. The zero-order valence-electron chi connectivity index (χ0n) is 37.3. The van der Waals surface area contributed by atoms with Gasteiger partial charge < -0.3 is 19.0 Å². The summed E-state index contributed by atoms with van der Waals surface area (Å²) in [4.78, 5) is 11.5. The van der Waals surface area contributed by atoms with Gasteiger partial charge in [0.1, 0.15) is 17.0 Å². The van der Waals surface area contributed by atoms with E-state index in [4.69, 9.17) is 17.4 Å². The lowest BCUT2D eigenvalue weighted by molar-refractivity contribution is 0.0797. The standard InChI is InChI=1S/C48H56N4O2/c1-48(2)31-50(47-49-41-23-9-12-26-45(41)54-47)44-30-37(27-28-40(44)48)53-36-20-13-19-35(29-36)51-32-52(43-25-11-10-24-42(43)51)46-38(33-15-5-3-6-16-33)21-14-22-39(46)34-17-7-4-8-18-34/h9-13,19-20,23-30,33-34,38-39,46H,3-8,14-18,21-22,31-32H2,1-2H3/i1D3,2D3. The molecule has 2 unspecified atom stereocenters. The molecule has 54 heavy (non-hydrogen) atoms. The Hall–Kier alpha value is -4.45. The second-order valence-electron chi connectivity index (χ2n) is 16.8. The Kier molecular flexibility index (Phi) is 7.27. The van der Waals surface area contributed by atoms with Crippen LogP contribution in [0.4, 0.5) is 28.8 Å². The van der Waals surface area contributed by atoms with Crippen molar-refractivity contribution in [2.75, 3.05) is 27.9 Å². The summed E-state index contributed by atoms with van der Waals surface area (Å²) in [6.45, 7) is -5.26. The van der Waals surface area contributed by atoms with Crippen molar-refractivity contribution in [1.29, 1.82) is 0 Å². The maximum atomic E-state index is 8.58. The number of hydrogen-bond donors (Lipinski definition) is 0. The van der Waals surface area contributed by atoms with E-state index < -0.39 is 19.1 Å². The molecule has 3 saturated carbocycles. The molecular weight excluding hydrogens is 665 g/mol. The average molecular weight is 727 g/mol. The van der Waals surface area contributed by atoms with Crippen LogP contribution in [0.5, 0.6) is 11.5 Å². The Morgan fingerprint density at radius 3 is 2.11 bits per heavy atom. The molecule has 0 bridgehead atoms. The molecule has 6 heteroatoms. The topological polar surface area (TPSA) is 45.0 Å². The highest BCUT2D eigenvalue weighted by molar-refractivity contribution is 5.83. The van der Waals surface area contributed by atoms with E-state index in [9.17, 15) is 0 Å². The van der Waals surface area contributed by atoms with Gasteiger partial charge in [-0.3, -0.25) is 4.90 Å². The second-order valence-corrected chi connectivity index (χ2v) is 16.8. The molecular formula is C48H56N4O2. The first-order valence-corrected chi connectivity index (χ1v) is 20.7. The molecule has 3 fully saturated rings. The molecule has 0 spiro atoms. The van der Waals surface area contributed by atoms with Crippen LogP contribution in [-0.4, -0.2) is 24.2 Å². The third kappa shape index (κ3) is 6.14. The summed E-state index contributed by atoms with van der Waals surface area (Å²) >= 11 is 0. The van der Waals surface area contributed by atoms with Crippen LogP contribution in [0.2, 0.25) is 0 Å². The molecule has 5 aromatic rings. The zero-order valence-corrected chi connectivity index (χ0v) is 31.3. The minimum Gasteiger partial charge on any atom is -0.457 e. The van der Waals surface area contributed by atoms with Crippen molar-refractivity contribution < 1.29 is 17.4 Å². The number of para-hydroxylation sites is 4. The van der Waals surface area contributed by atoms with E-state index in [1.54, 1.807) is 29.2 Å². The number of rotatable bonds is 7. The van der Waals surface area contributed by atoms with E-state index in [2.05, 4.69) is 51.2 Å². The first kappa shape index (κ1) is 28.0. The molecule has 2 aliphatic heterocycles. The Bertz CT molecular complexity index is 2260. The fourth-order valence-electron chi connectivity index (χ4n) is 11.1. The molecule has 3 aliphatic carbocycles. The zero-order chi connectivity index (χ0) is 41.2. The number of hydrogen-bond acceptors (Lipinski definition) is 6. The summed E-state index contributed by atoms with van der Waals surface area (Å²) in [6.07, 6.45) is 17.8. The average Bonchev–Trinajstić information content (AvgIpc) is 3.97. The van der Waals surface area contributed by atoms with E-state index in [0.29, 0.717) is 34.3 Å². The van der Waals surface area contributed by atoms with Crippen LogP contribution in [0.1, 0.15) is 111 Å². The summed E-state index contributed by atoms with van der Waals surface area (Å²) in [7, 11) is 0. The number of ether oxygens (including phenoxy) is 1. The highest BCUT2D eigenvalue weighted by Crippen LogP contribution is 2.52. The van der Waals surface area contributed by atoms with E-state index in [1.165, 1.54) is 94.8 Å². The van der Waals surface area contributed by atoms with Gasteiger partial charge in [-0.25, -0.2) is 0 Å². The van der Waals surface area contributed by atoms with Gasteiger partial charge in [0.2, 0.25) is 0 Å². The highest BCUT2D eigenvalue weighted by Gasteiger charge is 2.47. The predicted molar refractivity (Wildman–Crippen MR) is 221 cm³/mol. The van der Waals surface area contributed by atoms with Crippen molar-refractivity contribution in [3.05, 3.63) is 96.6 Å². The van der Waals surface area contributed by atoms with Crippen LogP contribution in [0.15, 0.2) is 95.4 Å². The van der Waals surface area contributed by atoms with E-state index in [1.807, 2.05) is 30.3 Å². The Balaban J connectivity index is 0.981. The molecule has 4 aromatic carbocycles. The van der Waals surface area contributed by atoms with Crippen LogP contribution in [0, 0.1) is 23.7 Å². The maximum Gasteiger partial charge on any atom is 0.303 e. The van der Waals surface area contributed by atoms with Gasteiger partial charge in [-0.15, -0.1) is 0 Å². The number of oxazole rings is 1. The molecule has 2 atom stereocenters. The number of benzene rings is 4. The minimum absolute atomic E-state index is 0.138. The second kappa shape index (κ2) is 14.0. The van der Waals surface area contributed by atoms with Crippen molar-refractivity contribution in [3.63, 3.8) is 0 Å². The van der Waals surface area contributed by atoms with Crippen molar-refractivity contribution in [2.45, 2.75) is 109 Å². The van der Waals surface area contributed by atoms with Gasteiger partial charge in [-0.05, 0) is 84.5 Å². The molecule has 6 nitrogen and oxygen atoms in total. The van der Waals surface area contributed by atoms with Crippen molar-refractivity contribution in [2.24, 2.45) is 23.7 Å². The molecule has 0 radical (unpaired) electrons. The molecule has 0 amide bonds. The first-order valence-electron chi connectivity index (χ1n) is 23.7. The number of anilines is 5. The van der Waals surface area contributed by atoms with Gasteiger partial charge in [0.05, 0.1) is 23.7 Å².